The van der Waals surface area contributed by atoms with E-state index in [9.17, 15) is 14.4 Å². The number of thiocarbonyl (C=S) groups is 1. The van der Waals surface area contributed by atoms with Gasteiger partial charge >= 0.3 is 5.97 Å². The number of rotatable bonds is 4. The minimum absolute atomic E-state index is 0.00334. The van der Waals surface area contributed by atoms with Crippen molar-refractivity contribution in [2.75, 3.05) is 20.7 Å². The Balaban J connectivity index is 2.31. The number of ether oxygens (including phenoxy) is 1. The first kappa shape index (κ1) is 18.3. The standard InChI is InChI=1S/C15H13IN2O5S/c1-17-13(21)9(14(22)18(2)15(17)24)5-8-3-4-11(10(16)6-8)23-7-12(19)20/h3-6H,7H2,1-2H3,(H,19,20). The van der Waals surface area contributed by atoms with Gasteiger partial charge in [0.25, 0.3) is 11.8 Å². The normalized spacial score (nSPS) is 15.0. The number of carboxylic acids is 1. The molecule has 1 heterocycles. The lowest BCUT2D eigenvalue weighted by atomic mass is 10.1. The molecule has 1 aromatic rings. The molecule has 2 amide bonds. The van der Waals surface area contributed by atoms with E-state index in [1.54, 1.807) is 18.2 Å². The number of aliphatic carboxylic acids is 1. The van der Waals surface area contributed by atoms with Gasteiger partial charge in [-0.3, -0.25) is 19.4 Å². The SMILES string of the molecule is CN1C(=O)C(=Cc2ccc(OCC(=O)O)c(I)c2)C(=O)N(C)C1=S. The highest BCUT2D eigenvalue weighted by atomic mass is 127. The molecule has 0 radical (unpaired) electrons. The van der Waals surface area contributed by atoms with Crippen LogP contribution in [0.1, 0.15) is 5.56 Å². The Hall–Kier alpha value is -2.01. The van der Waals surface area contributed by atoms with Crippen LogP contribution in [0.4, 0.5) is 0 Å². The van der Waals surface area contributed by atoms with E-state index < -0.39 is 24.4 Å². The molecule has 2 rings (SSSR count). The summed E-state index contributed by atoms with van der Waals surface area (Å²) in [7, 11) is 3.02. The fraction of sp³-hybridized carbons (Fsp3) is 0.200. The molecular weight excluding hydrogens is 447 g/mol. The van der Waals surface area contributed by atoms with E-state index in [0.29, 0.717) is 14.9 Å². The highest BCUT2D eigenvalue weighted by Gasteiger charge is 2.35. The quantitative estimate of drug-likeness (QED) is 0.316. The van der Waals surface area contributed by atoms with Gasteiger partial charge in [-0.05, 0) is 58.6 Å². The molecule has 1 aliphatic rings. The molecule has 1 aromatic carbocycles. The number of carboxylic acid groups (broad SMARTS) is 1. The highest BCUT2D eigenvalue weighted by molar-refractivity contribution is 14.1. The maximum atomic E-state index is 12.3. The average Bonchev–Trinajstić information content (AvgIpc) is 2.54. The lowest BCUT2D eigenvalue weighted by Crippen LogP contribution is -2.52. The van der Waals surface area contributed by atoms with Crippen molar-refractivity contribution in [2.45, 2.75) is 0 Å². The summed E-state index contributed by atoms with van der Waals surface area (Å²) >= 11 is 7.02. The van der Waals surface area contributed by atoms with Gasteiger partial charge in [0.05, 0.1) is 3.57 Å². The van der Waals surface area contributed by atoms with Crippen LogP contribution in [0.3, 0.4) is 0 Å². The number of carbonyl (C=O) groups excluding carboxylic acids is 2. The molecule has 0 spiro atoms. The number of hydrogen-bond donors (Lipinski definition) is 1. The zero-order valence-corrected chi connectivity index (χ0v) is 15.8. The molecule has 126 valence electrons. The maximum absolute atomic E-state index is 12.3. The Morgan fingerprint density at radius 1 is 1.29 bits per heavy atom. The van der Waals surface area contributed by atoms with Gasteiger partial charge in [0.1, 0.15) is 11.3 Å². The summed E-state index contributed by atoms with van der Waals surface area (Å²) in [6, 6.07) is 4.92. The van der Waals surface area contributed by atoms with Crippen LogP contribution in [0.5, 0.6) is 5.75 Å². The number of hydrogen-bond acceptors (Lipinski definition) is 5. The zero-order valence-electron chi connectivity index (χ0n) is 12.8. The van der Waals surface area contributed by atoms with E-state index in [-0.39, 0.29) is 10.7 Å². The third-order valence-electron chi connectivity index (χ3n) is 3.26. The van der Waals surface area contributed by atoms with Crippen LogP contribution in [0.15, 0.2) is 23.8 Å². The fourth-order valence-electron chi connectivity index (χ4n) is 2.01. The Bertz CT molecular complexity index is 751. The second-order valence-electron chi connectivity index (χ2n) is 4.94. The molecule has 1 saturated heterocycles. The van der Waals surface area contributed by atoms with Crippen molar-refractivity contribution in [3.63, 3.8) is 0 Å². The van der Waals surface area contributed by atoms with Gasteiger partial charge in [0.2, 0.25) is 0 Å². The first-order valence-electron chi connectivity index (χ1n) is 6.68. The molecule has 24 heavy (non-hydrogen) atoms. The maximum Gasteiger partial charge on any atom is 0.341 e. The largest absolute Gasteiger partial charge is 0.481 e. The third-order valence-corrected chi connectivity index (χ3v) is 4.65. The summed E-state index contributed by atoms with van der Waals surface area (Å²) in [4.78, 5) is 37.5. The number of amides is 2. The number of benzene rings is 1. The highest BCUT2D eigenvalue weighted by Crippen LogP contribution is 2.24. The Morgan fingerprint density at radius 3 is 2.38 bits per heavy atom. The van der Waals surface area contributed by atoms with Crippen molar-refractivity contribution < 1.29 is 24.2 Å². The first-order chi connectivity index (χ1) is 11.2. The van der Waals surface area contributed by atoms with Crippen LogP contribution in [0, 0.1) is 3.57 Å². The minimum atomic E-state index is -1.07. The van der Waals surface area contributed by atoms with Gasteiger partial charge in [-0.25, -0.2) is 4.79 Å². The van der Waals surface area contributed by atoms with Crippen LogP contribution in [-0.4, -0.2) is 58.5 Å². The van der Waals surface area contributed by atoms with E-state index in [1.165, 1.54) is 30.0 Å². The van der Waals surface area contributed by atoms with Gasteiger partial charge < -0.3 is 9.84 Å². The minimum Gasteiger partial charge on any atom is -0.481 e. The second-order valence-corrected chi connectivity index (χ2v) is 6.47. The van der Waals surface area contributed by atoms with Gasteiger partial charge in [0, 0.05) is 14.1 Å². The van der Waals surface area contributed by atoms with Crippen molar-refractivity contribution in [2.24, 2.45) is 0 Å². The molecule has 1 fully saturated rings. The van der Waals surface area contributed by atoms with Crippen LogP contribution in [-0.2, 0) is 14.4 Å². The summed E-state index contributed by atoms with van der Waals surface area (Å²) in [5.41, 5.74) is 0.622. The Labute approximate surface area is 157 Å². The average molecular weight is 460 g/mol. The predicted molar refractivity (Wildman–Crippen MR) is 98.4 cm³/mol. The number of carbonyl (C=O) groups is 3. The second kappa shape index (κ2) is 7.26. The molecule has 0 aromatic heterocycles. The smallest absolute Gasteiger partial charge is 0.341 e. The van der Waals surface area contributed by atoms with E-state index in [0.717, 1.165) is 0 Å². The molecule has 0 atom stereocenters. The fourth-order valence-corrected chi connectivity index (χ4v) is 2.87. The van der Waals surface area contributed by atoms with Crippen LogP contribution in [0.2, 0.25) is 0 Å². The predicted octanol–water partition coefficient (Wildman–Crippen LogP) is 1.35. The molecule has 0 bridgehead atoms. The summed E-state index contributed by atoms with van der Waals surface area (Å²) in [6.45, 7) is -0.444. The molecule has 0 unspecified atom stereocenters. The van der Waals surface area contributed by atoms with Crippen molar-refractivity contribution in [3.05, 3.63) is 32.9 Å². The number of likely N-dealkylation sites (N-methyl/N-ethyl adjacent to an activating group) is 2. The topological polar surface area (TPSA) is 87.1 Å². The summed E-state index contributed by atoms with van der Waals surface area (Å²) in [6.07, 6.45) is 1.47. The molecule has 0 saturated carbocycles. The van der Waals surface area contributed by atoms with Crippen molar-refractivity contribution in [3.8, 4) is 5.75 Å². The van der Waals surface area contributed by atoms with Gasteiger partial charge in [-0.2, -0.15) is 0 Å². The molecule has 9 heteroatoms. The van der Waals surface area contributed by atoms with Crippen LogP contribution < -0.4 is 4.74 Å². The Kier molecular flexibility index (Phi) is 5.54. The third kappa shape index (κ3) is 3.73. The summed E-state index contributed by atoms with van der Waals surface area (Å²) in [5.74, 6) is -1.59. The molecule has 1 aliphatic heterocycles. The van der Waals surface area contributed by atoms with Gasteiger partial charge in [-0.15, -0.1) is 0 Å². The van der Waals surface area contributed by atoms with E-state index in [1.807, 2.05) is 22.6 Å². The van der Waals surface area contributed by atoms with Crippen molar-refractivity contribution >= 4 is 63.8 Å². The molecule has 7 nitrogen and oxygen atoms in total. The van der Waals surface area contributed by atoms with E-state index in [4.69, 9.17) is 22.1 Å². The lowest BCUT2D eigenvalue weighted by Gasteiger charge is -2.31. The summed E-state index contributed by atoms with van der Waals surface area (Å²) < 4.78 is 5.80. The molecule has 1 N–H and O–H groups in total. The zero-order chi connectivity index (χ0) is 18.0. The van der Waals surface area contributed by atoms with Crippen molar-refractivity contribution in [1.29, 1.82) is 0 Å². The molecule has 0 aliphatic carbocycles. The van der Waals surface area contributed by atoms with Crippen LogP contribution in [0.25, 0.3) is 6.08 Å². The summed E-state index contributed by atoms with van der Waals surface area (Å²) in [5, 5.41) is 8.78. The monoisotopic (exact) mass is 460 g/mol. The van der Waals surface area contributed by atoms with E-state index in [2.05, 4.69) is 0 Å². The van der Waals surface area contributed by atoms with E-state index >= 15 is 0 Å². The van der Waals surface area contributed by atoms with Gasteiger partial charge in [0.15, 0.2) is 11.7 Å². The molecular formula is C15H13IN2O5S. The van der Waals surface area contributed by atoms with Gasteiger partial charge in [-0.1, -0.05) is 6.07 Å². The number of halogens is 1. The number of nitrogens with zero attached hydrogens (tertiary/aromatic N) is 2. The van der Waals surface area contributed by atoms with Crippen molar-refractivity contribution in [1.82, 2.24) is 9.80 Å². The Morgan fingerprint density at radius 2 is 1.88 bits per heavy atom. The van der Waals surface area contributed by atoms with Crippen LogP contribution >= 0.6 is 34.8 Å². The first-order valence-corrected chi connectivity index (χ1v) is 8.17. The lowest BCUT2D eigenvalue weighted by molar-refractivity contribution is -0.139.